The van der Waals surface area contributed by atoms with Gasteiger partial charge >= 0.3 is 0 Å². The van der Waals surface area contributed by atoms with Gasteiger partial charge in [-0.15, -0.1) is 0 Å². The monoisotopic (exact) mass is 352 g/mol. The average molecular weight is 353 g/mol. The van der Waals surface area contributed by atoms with Gasteiger partial charge in [-0.3, -0.25) is 4.79 Å². The van der Waals surface area contributed by atoms with Crippen LogP contribution in [-0.4, -0.2) is 12.4 Å². The van der Waals surface area contributed by atoms with Gasteiger partial charge in [0.2, 0.25) is 0 Å². The number of ether oxygens (including phenoxy) is 1. The number of halogens is 3. The zero-order valence-electron chi connectivity index (χ0n) is 11.0. The summed E-state index contributed by atoms with van der Waals surface area (Å²) in [6, 6.07) is 7.54. The van der Waals surface area contributed by atoms with Crippen molar-refractivity contribution in [3.05, 3.63) is 63.1 Å². The van der Waals surface area contributed by atoms with E-state index in [-0.39, 0.29) is 15.8 Å². The van der Waals surface area contributed by atoms with Gasteiger partial charge < -0.3 is 4.74 Å². The third-order valence-corrected chi connectivity index (χ3v) is 4.23. The van der Waals surface area contributed by atoms with Crippen LogP contribution in [0.5, 0.6) is 5.75 Å². The molecule has 0 saturated carbocycles. The largest absolute Gasteiger partial charge is 0.493 e. The maximum Gasteiger partial charge on any atom is 0.198 e. The summed E-state index contributed by atoms with van der Waals surface area (Å²) in [6.07, 6.45) is 1.74. The topological polar surface area (TPSA) is 26.3 Å². The SMILES string of the molecule is O=C(c1ccc(F)c(F)c1Br)c1cccc2c1OCCC2. The van der Waals surface area contributed by atoms with Crippen molar-refractivity contribution in [3.8, 4) is 5.75 Å². The number of ketones is 1. The Kier molecular flexibility index (Phi) is 3.76. The van der Waals surface area contributed by atoms with Crippen LogP contribution in [0.2, 0.25) is 0 Å². The van der Waals surface area contributed by atoms with Crippen LogP contribution in [0, 0.1) is 11.6 Å². The minimum Gasteiger partial charge on any atom is -0.493 e. The molecule has 1 aliphatic heterocycles. The van der Waals surface area contributed by atoms with Gasteiger partial charge in [0, 0.05) is 5.56 Å². The summed E-state index contributed by atoms with van der Waals surface area (Å²) >= 11 is 2.95. The van der Waals surface area contributed by atoms with Crippen LogP contribution in [0.4, 0.5) is 8.78 Å². The second-order valence-electron chi connectivity index (χ2n) is 4.80. The van der Waals surface area contributed by atoms with Gasteiger partial charge in [0.05, 0.1) is 16.6 Å². The van der Waals surface area contributed by atoms with Gasteiger partial charge in [-0.2, -0.15) is 0 Å². The fourth-order valence-corrected chi connectivity index (χ4v) is 2.92. The fourth-order valence-electron chi connectivity index (χ4n) is 2.41. The number of carbonyl (C=O) groups excluding carboxylic acids is 1. The third-order valence-electron chi connectivity index (χ3n) is 3.46. The molecule has 1 heterocycles. The first-order chi connectivity index (χ1) is 10.1. The Balaban J connectivity index is 2.10. The Hall–Kier alpha value is -1.75. The molecule has 21 heavy (non-hydrogen) atoms. The summed E-state index contributed by atoms with van der Waals surface area (Å²) in [5.41, 5.74) is 1.42. The first kappa shape index (κ1) is 14.2. The van der Waals surface area contributed by atoms with E-state index in [0.29, 0.717) is 17.9 Å². The highest BCUT2D eigenvalue weighted by molar-refractivity contribution is 9.10. The molecular formula is C16H11BrF2O2. The lowest BCUT2D eigenvalue weighted by molar-refractivity contribution is 0.103. The molecule has 0 aromatic heterocycles. The molecule has 5 heteroatoms. The molecule has 0 saturated heterocycles. The van der Waals surface area contributed by atoms with Crippen molar-refractivity contribution in [1.29, 1.82) is 0 Å². The van der Waals surface area contributed by atoms with Crippen molar-refractivity contribution in [3.63, 3.8) is 0 Å². The molecule has 0 fully saturated rings. The van der Waals surface area contributed by atoms with E-state index in [2.05, 4.69) is 15.9 Å². The van der Waals surface area contributed by atoms with Gasteiger partial charge in [0.25, 0.3) is 0 Å². The van der Waals surface area contributed by atoms with Crippen LogP contribution in [0.15, 0.2) is 34.8 Å². The molecule has 0 spiro atoms. The van der Waals surface area contributed by atoms with Crippen LogP contribution in [0.25, 0.3) is 0 Å². The van der Waals surface area contributed by atoms with Gasteiger partial charge in [-0.05, 0) is 52.5 Å². The lowest BCUT2D eigenvalue weighted by atomic mass is 9.97. The number of para-hydroxylation sites is 1. The highest BCUT2D eigenvalue weighted by Gasteiger charge is 2.23. The molecule has 0 unspecified atom stereocenters. The van der Waals surface area contributed by atoms with E-state index < -0.39 is 11.6 Å². The molecule has 1 aliphatic rings. The van der Waals surface area contributed by atoms with Crippen molar-refractivity contribution < 1.29 is 18.3 Å². The summed E-state index contributed by atoms with van der Waals surface area (Å²) in [6.45, 7) is 0.552. The lowest BCUT2D eigenvalue weighted by Gasteiger charge is -2.20. The number of rotatable bonds is 2. The Morgan fingerprint density at radius 3 is 2.76 bits per heavy atom. The van der Waals surface area contributed by atoms with Crippen molar-refractivity contribution in [1.82, 2.24) is 0 Å². The lowest BCUT2D eigenvalue weighted by Crippen LogP contribution is -2.14. The van der Waals surface area contributed by atoms with Crippen molar-refractivity contribution in [2.45, 2.75) is 12.8 Å². The number of carbonyl (C=O) groups is 1. The maximum atomic E-state index is 13.6. The molecule has 0 atom stereocenters. The molecule has 0 N–H and O–H groups in total. The van der Waals surface area contributed by atoms with Crippen LogP contribution in [0.3, 0.4) is 0 Å². The van der Waals surface area contributed by atoms with E-state index in [1.165, 1.54) is 6.07 Å². The van der Waals surface area contributed by atoms with E-state index in [9.17, 15) is 13.6 Å². The Morgan fingerprint density at radius 1 is 1.14 bits per heavy atom. The van der Waals surface area contributed by atoms with Crippen molar-refractivity contribution >= 4 is 21.7 Å². The quantitative estimate of drug-likeness (QED) is 0.595. The summed E-state index contributed by atoms with van der Waals surface area (Å²) in [5, 5.41) is 0. The van der Waals surface area contributed by atoms with E-state index in [1.54, 1.807) is 12.1 Å². The zero-order valence-corrected chi connectivity index (χ0v) is 12.5. The summed E-state index contributed by atoms with van der Waals surface area (Å²) in [4.78, 5) is 12.6. The maximum absolute atomic E-state index is 13.6. The highest BCUT2D eigenvalue weighted by atomic mass is 79.9. The molecule has 0 radical (unpaired) electrons. The van der Waals surface area contributed by atoms with E-state index in [4.69, 9.17) is 4.74 Å². The van der Waals surface area contributed by atoms with E-state index in [1.807, 2.05) is 6.07 Å². The Labute approximate surface area is 128 Å². The molecule has 0 amide bonds. The summed E-state index contributed by atoms with van der Waals surface area (Å²) < 4.78 is 32.2. The van der Waals surface area contributed by atoms with Crippen LogP contribution in [-0.2, 0) is 6.42 Å². The Bertz CT molecular complexity index is 728. The van der Waals surface area contributed by atoms with Gasteiger partial charge in [0.15, 0.2) is 17.4 Å². The van der Waals surface area contributed by atoms with Crippen LogP contribution >= 0.6 is 15.9 Å². The number of hydrogen-bond donors (Lipinski definition) is 0. The predicted molar refractivity (Wildman–Crippen MR) is 77.7 cm³/mol. The number of fused-ring (bicyclic) bond motifs is 1. The van der Waals surface area contributed by atoms with Crippen LogP contribution in [0.1, 0.15) is 27.9 Å². The minimum atomic E-state index is -1.06. The number of aryl methyl sites for hydroxylation is 1. The first-order valence-electron chi connectivity index (χ1n) is 6.52. The van der Waals surface area contributed by atoms with E-state index in [0.717, 1.165) is 24.5 Å². The molecule has 0 bridgehead atoms. The second-order valence-corrected chi connectivity index (χ2v) is 5.59. The molecule has 3 rings (SSSR count). The normalized spacial score (nSPS) is 13.5. The highest BCUT2D eigenvalue weighted by Crippen LogP contribution is 2.32. The predicted octanol–water partition coefficient (Wildman–Crippen LogP) is 4.28. The van der Waals surface area contributed by atoms with Gasteiger partial charge in [-0.25, -0.2) is 8.78 Å². The molecule has 2 aromatic rings. The second kappa shape index (κ2) is 5.56. The molecule has 0 aliphatic carbocycles. The van der Waals surface area contributed by atoms with Gasteiger partial charge in [-0.1, -0.05) is 12.1 Å². The van der Waals surface area contributed by atoms with E-state index >= 15 is 0 Å². The molecule has 2 aromatic carbocycles. The smallest absolute Gasteiger partial charge is 0.198 e. The third kappa shape index (κ3) is 2.46. The summed E-state index contributed by atoms with van der Waals surface area (Å²) in [5.74, 6) is -1.90. The van der Waals surface area contributed by atoms with Crippen molar-refractivity contribution in [2.24, 2.45) is 0 Å². The fraction of sp³-hybridized carbons (Fsp3) is 0.188. The first-order valence-corrected chi connectivity index (χ1v) is 7.32. The summed E-state index contributed by atoms with van der Waals surface area (Å²) in [7, 11) is 0. The van der Waals surface area contributed by atoms with Crippen LogP contribution < -0.4 is 4.74 Å². The molecule has 2 nitrogen and oxygen atoms in total. The minimum absolute atomic E-state index is 0.0801. The van der Waals surface area contributed by atoms with Crippen molar-refractivity contribution in [2.75, 3.05) is 6.61 Å². The standard InChI is InChI=1S/C16H11BrF2O2/c17-13-10(6-7-12(18)14(13)19)15(20)11-5-1-3-9-4-2-8-21-16(9)11/h1,3,5-7H,2,4,8H2. The molecular weight excluding hydrogens is 342 g/mol. The zero-order chi connectivity index (χ0) is 15.0. The number of hydrogen-bond acceptors (Lipinski definition) is 2. The molecule has 108 valence electrons. The number of benzene rings is 2. The van der Waals surface area contributed by atoms with Gasteiger partial charge in [0.1, 0.15) is 5.75 Å². The Morgan fingerprint density at radius 2 is 1.95 bits per heavy atom. The average Bonchev–Trinajstić information content (AvgIpc) is 2.51.